The Morgan fingerprint density at radius 1 is 0.800 bits per heavy atom. The lowest BCUT2D eigenvalue weighted by atomic mass is 10.0. The van der Waals surface area contributed by atoms with E-state index in [-0.39, 0.29) is 22.9 Å². The Bertz CT molecular complexity index is 714. The fraction of sp³-hybridized carbons (Fsp3) is 0.625. The van der Waals surface area contributed by atoms with E-state index in [1.165, 1.54) is 12.1 Å². The van der Waals surface area contributed by atoms with Crippen LogP contribution in [0.3, 0.4) is 0 Å². The molecule has 1 aromatic carbocycles. The molecule has 30 heavy (non-hydrogen) atoms. The molecular formula is C24H39N3O3. The van der Waals surface area contributed by atoms with Gasteiger partial charge in [-0.25, -0.2) is 0 Å². The summed E-state index contributed by atoms with van der Waals surface area (Å²) < 4.78 is 0. The first-order valence-corrected chi connectivity index (χ1v) is 11.0. The average Bonchev–Trinajstić information content (AvgIpc) is 2.66. The molecule has 0 saturated heterocycles. The molecule has 0 heterocycles. The Morgan fingerprint density at radius 2 is 1.27 bits per heavy atom. The summed E-state index contributed by atoms with van der Waals surface area (Å²) in [5.41, 5.74) is 6.25. The first kappa shape index (κ1) is 25.7. The predicted octanol–water partition coefficient (Wildman–Crippen LogP) is 4.10. The predicted molar refractivity (Wildman–Crippen MR) is 122 cm³/mol. The Hall–Kier alpha value is -2.37. The maximum Gasteiger partial charge on any atom is 0.253 e. The number of amides is 3. The van der Waals surface area contributed by atoms with E-state index >= 15 is 0 Å². The lowest BCUT2D eigenvalue weighted by Gasteiger charge is -2.25. The van der Waals surface area contributed by atoms with E-state index < -0.39 is 5.91 Å². The largest absolute Gasteiger partial charge is 0.366 e. The van der Waals surface area contributed by atoms with Crippen LogP contribution in [0.5, 0.6) is 0 Å². The number of primary amides is 1. The summed E-state index contributed by atoms with van der Waals surface area (Å²) >= 11 is 0. The van der Waals surface area contributed by atoms with Crippen LogP contribution in [0.2, 0.25) is 0 Å². The third-order valence-electron chi connectivity index (χ3n) is 4.97. The van der Waals surface area contributed by atoms with Crippen LogP contribution < -0.4 is 11.1 Å². The summed E-state index contributed by atoms with van der Waals surface area (Å²) in [6, 6.07) is 4.51. The van der Waals surface area contributed by atoms with E-state index in [0.29, 0.717) is 43.0 Å². The van der Waals surface area contributed by atoms with Gasteiger partial charge in [0.15, 0.2) is 0 Å². The van der Waals surface area contributed by atoms with Crippen molar-refractivity contribution >= 4 is 17.7 Å². The second-order valence-electron chi connectivity index (χ2n) is 9.26. The monoisotopic (exact) mass is 417 g/mol. The smallest absolute Gasteiger partial charge is 0.253 e. The third-order valence-corrected chi connectivity index (χ3v) is 4.97. The highest BCUT2D eigenvalue weighted by Gasteiger charge is 2.20. The highest BCUT2D eigenvalue weighted by atomic mass is 16.2. The van der Waals surface area contributed by atoms with Gasteiger partial charge in [-0.3, -0.25) is 14.4 Å². The molecule has 6 nitrogen and oxygen atoms in total. The number of nitrogens with one attached hydrogen (secondary N) is 1. The van der Waals surface area contributed by atoms with Crippen molar-refractivity contribution < 1.29 is 14.4 Å². The molecule has 0 fully saturated rings. The Kier molecular flexibility index (Phi) is 10.6. The Labute approximate surface area is 181 Å². The SMILES string of the molecule is CC(C)CCNC(=O)c1cc(C(N)=O)cc(C(=O)N(CCC(C)C)CCC(C)C)c1. The molecule has 1 aromatic rings. The molecule has 1 rings (SSSR count). The number of hydrogen-bond donors (Lipinski definition) is 2. The Balaban J connectivity index is 3.14. The molecule has 0 atom stereocenters. The van der Waals surface area contributed by atoms with Gasteiger partial charge in [-0.2, -0.15) is 0 Å². The summed E-state index contributed by atoms with van der Waals surface area (Å²) in [5, 5.41) is 2.86. The second-order valence-corrected chi connectivity index (χ2v) is 9.26. The van der Waals surface area contributed by atoms with Crippen molar-refractivity contribution in [2.24, 2.45) is 23.5 Å². The van der Waals surface area contributed by atoms with Gasteiger partial charge in [0.05, 0.1) is 0 Å². The van der Waals surface area contributed by atoms with Crippen LogP contribution in [0, 0.1) is 17.8 Å². The van der Waals surface area contributed by atoms with Crippen molar-refractivity contribution in [2.75, 3.05) is 19.6 Å². The number of carbonyl (C=O) groups is 3. The number of benzene rings is 1. The third kappa shape index (κ3) is 8.97. The van der Waals surface area contributed by atoms with Gasteiger partial charge in [0.2, 0.25) is 5.91 Å². The average molecular weight is 418 g/mol. The lowest BCUT2D eigenvalue weighted by molar-refractivity contribution is 0.0741. The fourth-order valence-corrected chi connectivity index (χ4v) is 2.93. The summed E-state index contributed by atoms with van der Waals surface area (Å²) in [6.07, 6.45) is 2.63. The zero-order chi connectivity index (χ0) is 22.8. The number of hydrogen-bond acceptors (Lipinski definition) is 3. The van der Waals surface area contributed by atoms with E-state index in [4.69, 9.17) is 5.73 Å². The van der Waals surface area contributed by atoms with Gasteiger partial charge in [-0.05, 0) is 55.2 Å². The molecule has 0 radical (unpaired) electrons. The van der Waals surface area contributed by atoms with Crippen LogP contribution in [0.25, 0.3) is 0 Å². The lowest BCUT2D eigenvalue weighted by Crippen LogP contribution is -2.34. The van der Waals surface area contributed by atoms with Gasteiger partial charge in [0.25, 0.3) is 11.8 Å². The fourth-order valence-electron chi connectivity index (χ4n) is 2.93. The summed E-state index contributed by atoms with van der Waals surface area (Å²) in [6.45, 7) is 14.5. The van der Waals surface area contributed by atoms with E-state index in [1.807, 2.05) is 4.90 Å². The van der Waals surface area contributed by atoms with Crippen molar-refractivity contribution in [2.45, 2.75) is 60.8 Å². The molecular weight excluding hydrogens is 378 g/mol. The van der Waals surface area contributed by atoms with Crippen LogP contribution in [0.15, 0.2) is 18.2 Å². The minimum Gasteiger partial charge on any atom is -0.366 e. The van der Waals surface area contributed by atoms with E-state index in [0.717, 1.165) is 19.3 Å². The first-order valence-electron chi connectivity index (χ1n) is 11.0. The van der Waals surface area contributed by atoms with Gasteiger partial charge < -0.3 is 16.0 Å². The zero-order valence-corrected chi connectivity index (χ0v) is 19.5. The molecule has 0 bridgehead atoms. The van der Waals surface area contributed by atoms with Gasteiger partial charge in [-0.15, -0.1) is 0 Å². The maximum atomic E-state index is 13.3. The number of nitrogens with two attached hydrogens (primary N) is 1. The molecule has 3 amide bonds. The molecule has 0 unspecified atom stereocenters. The van der Waals surface area contributed by atoms with Crippen LogP contribution in [-0.2, 0) is 0 Å². The van der Waals surface area contributed by atoms with Gasteiger partial charge in [0, 0.05) is 36.3 Å². The molecule has 0 aliphatic carbocycles. The van der Waals surface area contributed by atoms with Gasteiger partial charge >= 0.3 is 0 Å². The van der Waals surface area contributed by atoms with Crippen molar-refractivity contribution in [1.82, 2.24) is 10.2 Å². The van der Waals surface area contributed by atoms with Crippen LogP contribution in [0.1, 0.15) is 91.9 Å². The topological polar surface area (TPSA) is 92.5 Å². The quantitative estimate of drug-likeness (QED) is 0.536. The van der Waals surface area contributed by atoms with Crippen molar-refractivity contribution in [1.29, 1.82) is 0 Å². The molecule has 6 heteroatoms. The zero-order valence-electron chi connectivity index (χ0n) is 19.5. The summed E-state index contributed by atoms with van der Waals surface area (Å²) in [5.74, 6) is 0.281. The van der Waals surface area contributed by atoms with E-state index in [1.54, 1.807) is 6.07 Å². The van der Waals surface area contributed by atoms with Crippen molar-refractivity contribution in [3.63, 3.8) is 0 Å². The molecule has 0 aliphatic heterocycles. The molecule has 0 aromatic heterocycles. The molecule has 168 valence electrons. The van der Waals surface area contributed by atoms with Crippen LogP contribution in [0.4, 0.5) is 0 Å². The number of carbonyl (C=O) groups excluding carboxylic acids is 3. The van der Waals surface area contributed by atoms with Gasteiger partial charge in [0.1, 0.15) is 0 Å². The van der Waals surface area contributed by atoms with E-state index in [9.17, 15) is 14.4 Å². The minimum absolute atomic E-state index is 0.169. The van der Waals surface area contributed by atoms with Crippen molar-refractivity contribution in [3.05, 3.63) is 34.9 Å². The molecule has 0 aliphatic rings. The standard InChI is InChI=1S/C24H39N3O3/c1-16(2)7-10-26-23(29)20-13-19(22(25)28)14-21(15-20)24(30)27(11-8-17(3)4)12-9-18(5)6/h13-18H,7-12H2,1-6H3,(H2,25,28)(H,26,29). The second kappa shape index (κ2) is 12.4. The van der Waals surface area contributed by atoms with Gasteiger partial charge in [-0.1, -0.05) is 41.5 Å². The van der Waals surface area contributed by atoms with E-state index in [2.05, 4.69) is 46.9 Å². The Morgan fingerprint density at radius 3 is 1.73 bits per heavy atom. The summed E-state index contributed by atoms with van der Waals surface area (Å²) in [7, 11) is 0. The summed E-state index contributed by atoms with van der Waals surface area (Å²) in [4.78, 5) is 39.5. The first-order chi connectivity index (χ1) is 14.0. The van der Waals surface area contributed by atoms with Crippen LogP contribution in [-0.4, -0.2) is 42.3 Å². The van der Waals surface area contributed by atoms with Crippen LogP contribution >= 0.6 is 0 Å². The molecule has 0 spiro atoms. The normalized spacial score (nSPS) is 11.2. The maximum absolute atomic E-state index is 13.3. The molecule has 3 N–H and O–H groups in total. The number of nitrogens with zero attached hydrogens (tertiary/aromatic N) is 1. The number of rotatable bonds is 12. The highest BCUT2D eigenvalue weighted by molar-refractivity contribution is 6.04. The highest BCUT2D eigenvalue weighted by Crippen LogP contribution is 2.16. The van der Waals surface area contributed by atoms with Crippen molar-refractivity contribution in [3.8, 4) is 0 Å². The molecule has 0 saturated carbocycles. The minimum atomic E-state index is -0.656.